The Morgan fingerprint density at radius 1 is 1.07 bits per heavy atom. The first-order valence-electron chi connectivity index (χ1n) is 8.42. The van der Waals surface area contributed by atoms with Crippen LogP contribution in [0.3, 0.4) is 0 Å². The number of nitrogens with zero attached hydrogens (tertiary/aromatic N) is 4. The number of hydrogen-bond acceptors (Lipinski definition) is 5. The molecule has 136 valence electrons. The molecule has 0 aliphatic carbocycles. The van der Waals surface area contributed by atoms with E-state index in [-0.39, 0.29) is 6.54 Å². The Morgan fingerprint density at radius 2 is 1.93 bits per heavy atom. The Balaban J connectivity index is 1.75. The Labute approximate surface area is 153 Å². The van der Waals surface area contributed by atoms with E-state index in [0.717, 1.165) is 11.1 Å². The summed E-state index contributed by atoms with van der Waals surface area (Å²) < 4.78 is 8.53. The molecule has 1 N–H and O–H groups in total. The number of aromatic amines is 1. The number of rotatable bonds is 5. The highest BCUT2D eigenvalue weighted by Gasteiger charge is 2.15. The van der Waals surface area contributed by atoms with Gasteiger partial charge in [-0.25, -0.2) is 14.5 Å². The fourth-order valence-corrected chi connectivity index (χ4v) is 2.80. The van der Waals surface area contributed by atoms with Gasteiger partial charge in [-0.15, -0.1) is 5.10 Å². The zero-order chi connectivity index (χ0) is 18.8. The van der Waals surface area contributed by atoms with E-state index in [1.165, 1.54) is 16.8 Å². The number of H-pyrrole nitrogens is 1. The fraction of sp³-hybridized carbons (Fsp3) is 0.158. The minimum Gasteiger partial charge on any atom is -0.461 e. The summed E-state index contributed by atoms with van der Waals surface area (Å²) in [4.78, 5) is 30.1. The molecular weight excluding hydrogens is 346 g/mol. The first-order valence-corrected chi connectivity index (χ1v) is 8.42. The van der Waals surface area contributed by atoms with Crippen molar-refractivity contribution in [1.82, 2.24) is 24.3 Å². The Morgan fingerprint density at radius 3 is 2.67 bits per heavy atom. The van der Waals surface area contributed by atoms with Crippen LogP contribution in [0.5, 0.6) is 0 Å². The van der Waals surface area contributed by atoms with Gasteiger partial charge in [0.05, 0.1) is 19.4 Å². The predicted molar refractivity (Wildman–Crippen MR) is 98.4 cm³/mol. The summed E-state index contributed by atoms with van der Waals surface area (Å²) in [6, 6.07) is 12.9. The second kappa shape index (κ2) is 6.91. The van der Waals surface area contributed by atoms with Crippen molar-refractivity contribution in [3.63, 3.8) is 0 Å². The number of aromatic nitrogens is 5. The molecule has 0 unspecified atom stereocenters. The molecule has 0 amide bonds. The third-order valence-corrected chi connectivity index (χ3v) is 4.28. The normalized spacial score (nSPS) is 11.0. The molecule has 3 heterocycles. The number of aryl methyl sites for hydroxylation is 1. The zero-order valence-electron chi connectivity index (χ0n) is 14.6. The van der Waals surface area contributed by atoms with E-state index in [2.05, 4.69) is 15.1 Å². The summed E-state index contributed by atoms with van der Waals surface area (Å²) in [6.07, 6.45) is 3.00. The first kappa shape index (κ1) is 16.8. The lowest BCUT2D eigenvalue weighted by Crippen LogP contribution is -2.29. The maximum Gasteiger partial charge on any atom is 0.328 e. The second-order valence-corrected chi connectivity index (χ2v) is 6.15. The number of furan rings is 1. The lowest BCUT2D eigenvalue weighted by atomic mass is 10.1. The largest absolute Gasteiger partial charge is 0.461 e. The molecule has 0 saturated heterocycles. The number of benzene rings is 1. The van der Waals surface area contributed by atoms with Crippen LogP contribution < -0.4 is 11.2 Å². The summed E-state index contributed by atoms with van der Waals surface area (Å²) >= 11 is 0. The lowest BCUT2D eigenvalue weighted by Gasteiger charge is -2.09. The molecule has 8 heteroatoms. The van der Waals surface area contributed by atoms with Crippen molar-refractivity contribution >= 4 is 0 Å². The standard InChI is InChI=1S/C19H17N5O3/c1-13-5-2-3-6-14(13)11-24-16(12-23-9-8-17(25)21-19(23)26)20-18(22-24)15-7-4-10-27-15/h2-10H,11-12H2,1H3,(H,21,25,26). The molecule has 1 aromatic carbocycles. The maximum absolute atomic E-state index is 12.0. The van der Waals surface area contributed by atoms with Gasteiger partial charge in [0.15, 0.2) is 5.76 Å². The summed E-state index contributed by atoms with van der Waals surface area (Å²) in [5.74, 6) is 1.58. The van der Waals surface area contributed by atoms with Gasteiger partial charge in [0.25, 0.3) is 5.56 Å². The van der Waals surface area contributed by atoms with Crippen molar-refractivity contribution < 1.29 is 4.42 Å². The van der Waals surface area contributed by atoms with Crippen LogP contribution in [0.25, 0.3) is 11.6 Å². The van der Waals surface area contributed by atoms with E-state index >= 15 is 0 Å². The molecular formula is C19H17N5O3. The SMILES string of the molecule is Cc1ccccc1Cn1nc(-c2ccco2)nc1Cn1ccc(=O)[nH]c1=O. The van der Waals surface area contributed by atoms with Crippen LogP contribution in [-0.4, -0.2) is 24.3 Å². The summed E-state index contributed by atoms with van der Waals surface area (Å²) in [5.41, 5.74) is 1.31. The Bertz CT molecular complexity index is 1180. The van der Waals surface area contributed by atoms with Gasteiger partial charge < -0.3 is 4.42 Å². The Hall–Kier alpha value is -3.68. The maximum atomic E-state index is 12.0. The van der Waals surface area contributed by atoms with Crippen molar-refractivity contribution in [3.05, 3.63) is 92.7 Å². The van der Waals surface area contributed by atoms with E-state index in [9.17, 15) is 9.59 Å². The molecule has 8 nitrogen and oxygen atoms in total. The molecule has 0 bridgehead atoms. The van der Waals surface area contributed by atoms with Gasteiger partial charge in [-0.2, -0.15) is 0 Å². The van der Waals surface area contributed by atoms with E-state index in [0.29, 0.717) is 24.0 Å². The fourth-order valence-electron chi connectivity index (χ4n) is 2.80. The van der Waals surface area contributed by atoms with Gasteiger partial charge in [0, 0.05) is 12.3 Å². The predicted octanol–water partition coefficient (Wildman–Crippen LogP) is 1.79. The quantitative estimate of drug-likeness (QED) is 0.583. The second-order valence-electron chi connectivity index (χ2n) is 6.15. The van der Waals surface area contributed by atoms with Crippen molar-refractivity contribution in [1.29, 1.82) is 0 Å². The monoisotopic (exact) mass is 363 g/mol. The lowest BCUT2D eigenvalue weighted by molar-refractivity contribution is 0.572. The highest BCUT2D eigenvalue weighted by molar-refractivity contribution is 5.45. The molecule has 0 radical (unpaired) electrons. The van der Waals surface area contributed by atoms with Crippen LogP contribution in [0.2, 0.25) is 0 Å². The minimum atomic E-state index is -0.493. The molecule has 27 heavy (non-hydrogen) atoms. The van der Waals surface area contributed by atoms with Crippen LogP contribution in [0.4, 0.5) is 0 Å². The van der Waals surface area contributed by atoms with Crippen molar-refractivity contribution in [2.75, 3.05) is 0 Å². The Kier molecular flexibility index (Phi) is 4.29. The van der Waals surface area contributed by atoms with Crippen LogP contribution in [0.15, 0.2) is 68.9 Å². The highest BCUT2D eigenvalue weighted by atomic mass is 16.3. The molecule has 0 saturated carbocycles. The van der Waals surface area contributed by atoms with Gasteiger partial charge in [0.2, 0.25) is 5.82 Å². The molecule has 0 spiro atoms. The van der Waals surface area contributed by atoms with E-state index in [1.54, 1.807) is 23.1 Å². The highest BCUT2D eigenvalue weighted by Crippen LogP contribution is 2.18. The first-order chi connectivity index (χ1) is 13.1. The third-order valence-electron chi connectivity index (χ3n) is 4.28. The molecule has 3 aromatic heterocycles. The number of hydrogen-bond donors (Lipinski definition) is 1. The van der Waals surface area contributed by atoms with Gasteiger partial charge in [-0.05, 0) is 30.2 Å². The smallest absolute Gasteiger partial charge is 0.328 e. The van der Waals surface area contributed by atoms with Crippen molar-refractivity contribution in [3.8, 4) is 11.6 Å². The molecule has 0 aliphatic rings. The van der Waals surface area contributed by atoms with Crippen molar-refractivity contribution in [2.24, 2.45) is 0 Å². The number of nitrogens with one attached hydrogen (secondary N) is 1. The molecule has 0 atom stereocenters. The van der Waals surface area contributed by atoms with Crippen LogP contribution in [0.1, 0.15) is 17.0 Å². The molecule has 0 aliphatic heterocycles. The van der Waals surface area contributed by atoms with Crippen LogP contribution >= 0.6 is 0 Å². The van der Waals surface area contributed by atoms with Gasteiger partial charge in [-0.1, -0.05) is 24.3 Å². The van der Waals surface area contributed by atoms with Gasteiger partial charge in [0.1, 0.15) is 5.82 Å². The minimum absolute atomic E-state index is 0.176. The molecule has 0 fully saturated rings. The van der Waals surface area contributed by atoms with E-state index in [4.69, 9.17) is 4.42 Å². The van der Waals surface area contributed by atoms with E-state index < -0.39 is 11.2 Å². The van der Waals surface area contributed by atoms with Gasteiger partial charge in [-0.3, -0.25) is 14.3 Å². The van der Waals surface area contributed by atoms with Crippen LogP contribution in [0, 0.1) is 6.92 Å². The van der Waals surface area contributed by atoms with Crippen LogP contribution in [-0.2, 0) is 13.1 Å². The summed E-state index contributed by atoms with van der Waals surface area (Å²) in [6.45, 7) is 2.72. The third kappa shape index (κ3) is 3.50. The topological polar surface area (TPSA) is 98.7 Å². The van der Waals surface area contributed by atoms with Gasteiger partial charge >= 0.3 is 5.69 Å². The van der Waals surface area contributed by atoms with Crippen molar-refractivity contribution in [2.45, 2.75) is 20.0 Å². The average molecular weight is 363 g/mol. The molecule has 4 rings (SSSR count). The summed E-state index contributed by atoms with van der Waals surface area (Å²) in [7, 11) is 0. The van der Waals surface area contributed by atoms with E-state index in [1.807, 2.05) is 31.2 Å². The molecule has 4 aromatic rings. The average Bonchev–Trinajstić information content (AvgIpc) is 3.30. The summed E-state index contributed by atoms with van der Waals surface area (Å²) in [5, 5.41) is 4.56. The zero-order valence-corrected chi connectivity index (χ0v) is 14.6.